The Bertz CT molecular complexity index is 1350. The molecular formula is C23H18F3N5O2S. The van der Waals surface area contributed by atoms with Gasteiger partial charge in [-0.25, -0.2) is 0 Å². The fraction of sp³-hybridized carbons (Fsp3) is 0.130. The van der Waals surface area contributed by atoms with E-state index >= 15 is 0 Å². The number of hydrogen-bond acceptors (Lipinski definition) is 5. The summed E-state index contributed by atoms with van der Waals surface area (Å²) in [6.45, 7) is 1.93. The predicted molar refractivity (Wildman–Crippen MR) is 123 cm³/mol. The zero-order valence-electron chi connectivity index (χ0n) is 17.8. The molecule has 11 heteroatoms. The molecule has 2 N–H and O–H groups in total. The maximum Gasteiger partial charge on any atom is 0.416 e. The third kappa shape index (κ3) is 5.54. The Hall–Kier alpha value is -3.86. The summed E-state index contributed by atoms with van der Waals surface area (Å²) in [5.41, 5.74) is 2.02. The van der Waals surface area contributed by atoms with Gasteiger partial charge in [-0.2, -0.15) is 13.2 Å². The second-order valence-electron chi connectivity index (χ2n) is 7.36. The molecule has 0 saturated carbocycles. The SMILES string of the molecule is Cc1cccc(NC(=O)c2ccc3nnc(SCC(=O)Nc4ccc(C(F)(F)F)cc4)n3c2)c1. The molecule has 0 aliphatic heterocycles. The van der Waals surface area contributed by atoms with Crippen molar-refractivity contribution in [1.29, 1.82) is 0 Å². The fourth-order valence-electron chi connectivity index (χ4n) is 3.10. The molecule has 0 spiro atoms. The molecule has 2 heterocycles. The van der Waals surface area contributed by atoms with E-state index in [2.05, 4.69) is 20.8 Å². The van der Waals surface area contributed by atoms with Crippen molar-refractivity contribution in [2.75, 3.05) is 16.4 Å². The second kappa shape index (κ2) is 9.56. The minimum atomic E-state index is -4.44. The minimum Gasteiger partial charge on any atom is -0.325 e. The number of halogens is 3. The maximum absolute atomic E-state index is 12.7. The molecule has 2 amide bonds. The molecule has 0 bridgehead atoms. The largest absolute Gasteiger partial charge is 0.416 e. The van der Waals surface area contributed by atoms with Crippen molar-refractivity contribution in [2.45, 2.75) is 18.3 Å². The molecule has 0 fully saturated rings. The van der Waals surface area contributed by atoms with Crippen molar-refractivity contribution in [1.82, 2.24) is 14.6 Å². The van der Waals surface area contributed by atoms with Gasteiger partial charge in [0, 0.05) is 17.6 Å². The third-order valence-electron chi connectivity index (χ3n) is 4.74. The number of aryl methyl sites for hydroxylation is 1. The highest BCUT2D eigenvalue weighted by Gasteiger charge is 2.30. The Morgan fingerprint density at radius 2 is 1.74 bits per heavy atom. The van der Waals surface area contributed by atoms with Gasteiger partial charge in [-0.15, -0.1) is 10.2 Å². The Balaban J connectivity index is 1.41. The van der Waals surface area contributed by atoms with E-state index in [0.717, 1.165) is 29.5 Å². The molecule has 0 aliphatic rings. The zero-order valence-corrected chi connectivity index (χ0v) is 18.6. The molecule has 7 nitrogen and oxygen atoms in total. The van der Waals surface area contributed by atoms with Gasteiger partial charge in [-0.3, -0.25) is 14.0 Å². The van der Waals surface area contributed by atoms with Crippen LogP contribution in [0.1, 0.15) is 21.5 Å². The number of pyridine rings is 1. The second-order valence-corrected chi connectivity index (χ2v) is 8.31. The number of thioether (sulfide) groups is 1. The molecule has 0 radical (unpaired) electrons. The quantitative estimate of drug-likeness (QED) is 0.374. The Morgan fingerprint density at radius 1 is 0.971 bits per heavy atom. The number of amides is 2. The Kier molecular flexibility index (Phi) is 6.55. The fourth-order valence-corrected chi connectivity index (χ4v) is 3.81. The molecule has 2 aromatic heterocycles. The van der Waals surface area contributed by atoms with Gasteiger partial charge in [-0.05, 0) is 61.0 Å². The van der Waals surface area contributed by atoms with Gasteiger partial charge in [0.25, 0.3) is 5.91 Å². The Labute approximate surface area is 196 Å². The molecule has 0 unspecified atom stereocenters. The zero-order chi connectivity index (χ0) is 24.3. The van der Waals surface area contributed by atoms with E-state index in [1.807, 2.05) is 25.1 Å². The van der Waals surface area contributed by atoms with E-state index in [9.17, 15) is 22.8 Å². The molecule has 4 aromatic rings. The first-order valence-corrected chi connectivity index (χ1v) is 11.0. The van der Waals surface area contributed by atoms with Crippen LogP contribution in [-0.4, -0.2) is 32.2 Å². The lowest BCUT2D eigenvalue weighted by Crippen LogP contribution is -2.15. The summed E-state index contributed by atoms with van der Waals surface area (Å²) in [5, 5.41) is 13.8. The number of anilines is 2. The lowest BCUT2D eigenvalue weighted by Gasteiger charge is -2.09. The monoisotopic (exact) mass is 485 g/mol. The average Bonchev–Trinajstić information content (AvgIpc) is 3.20. The van der Waals surface area contributed by atoms with Crippen molar-refractivity contribution in [3.63, 3.8) is 0 Å². The lowest BCUT2D eigenvalue weighted by molar-refractivity contribution is -0.137. The summed E-state index contributed by atoms with van der Waals surface area (Å²) in [4.78, 5) is 24.9. The summed E-state index contributed by atoms with van der Waals surface area (Å²) in [5.74, 6) is -0.784. The first-order valence-electron chi connectivity index (χ1n) is 10.0. The first kappa shape index (κ1) is 23.3. The molecule has 174 valence electrons. The van der Waals surface area contributed by atoms with E-state index in [0.29, 0.717) is 22.1 Å². The molecule has 2 aromatic carbocycles. The van der Waals surface area contributed by atoms with E-state index in [4.69, 9.17) is 0 Å². The van der Waals surface area contributed by atoms with Crippen molar-refractivity contribution >= 4 is 40.6 Å². The maximum atomic E-state index is 12.7. The van der Waals surface area contributed by atoms with Crippen LogP contribution in [0.5, 0.6) is 0 Å². The molecule has 0 atom stereocenters. The standard InChI is InChI=1S/C23H18F3N5O2S/c1-14-3-2-4-18(11-14)28-21(33)15-5-10-19-29-30-22(31(19)12-15)34-13-20(32)27-17-8-6-16(7-9-17)23(24,25)26/h2-12H,13H2,1H3,(H,27,32)(H,28,33). The first-order chi connectivity index (χ1) is 16.2. The summed E-state index contributed by atoms with van der Waals surface area (Å²) in [7, 11) is 0. The molecule has 0 aliphatic carbocycles. The van der Waals surface area contributed by atoms with Gasteiger partial charge < -0.3 is 10.6 Å². The minimum absolute atomic E-state index is 0.0540. The van der Waals surface area contributed by atoms with E-state index < -0.39 is 17.6 Å². The number of hydrogen-bond donors (Lipinski definition) is 2. The summed E-state index contributed by atoms with van der Waals surface area (Å²) in [6, 6.07) is 14.9. The van der Waals surface area contributed by atoms with Gasteiger partial charge >= 0.3 is 6.18 Å². The number of carbonyl (C=O) groups is 2. The van der Waals surface area contributed by atoms with Crippen molar-refractivity contribution < 1.29 is 22.8 Å². The van der Waals surface area contributed by atoms with Crippen LogP contribution in [0, 0.1) is 6.92 Å². The molecular weight excluding hydrogens is 467 g/mol. The number of aromatic nitrogens is 3. The van der Waals surface area contributed by atoms with Gasteiger partial charge in [-0.1, -0.05) is 23.9 Å². The van der Waals surface area contributed by atoms with Gasteiger partial charge in [0.2, 0.25) is 5.91 Å². The van der Waals surface area contributed by atoms with Crippen LogP contribution in [0.2, 0.25) is 0 Å². The number of nitrogens with zero attached hydrogens (tertiary/aromatic N) is 3. The van der Waals surface area contributed by atoms with E-state index in [1.54, 1.807) is 28.8 Å². The average molecular weight is 485 g/mol. The smallest absolute Gasteiger partial charge is 0.325 e. The van der Waals surface area contributed by atoms with Gasteiger partial charge in [0.1, 0.15) is 0 Å². The van der Waals surface area contributed by atoms with Crippen LogP contribution in [0.15, 0.2) is 72.0 Å². The van der Waals surface area contributed by atoms with Crippen LogP contribution < -0.4 is 10.6 Å². The van der Waals surface area contributed by atoms with Crippen LogP contribution in [0.3, 0.4) is 0 Å². The van der Waals surface area contributed by atoms with E-state index in [-0.39, 0.29) is 17.3 Å². The normalized spacial score (nSPS) is 11.4. The van der Waals surface area contributed by atoms with Gasteiger partial charge in [0.15, 0.2) is 10.8 Å². The van der Waals surface area contributed by atoms with E-state index in [1.165, 1.54) is 12.1 Å². The van der Waals surface area contributed by atoms with Crippen molar-refractivity contribution in [3.05, 3.63) is 83.6 Å². The van der Waals surface area contributed by atoms with Crippen molar-refractivity contribution in [2.24, 2.45) is 0 Å². The number of carbonyl (C=O) groups excluding carboxylic acids is 2. The summed E-state index contributed by atoms with van der Waals surface area (Å²) < 4.78 is 39.6. The highest BCUT2D eigenvalue weighted by molar-refractivity contribution is 7.99. The van der Waals surface area contributed by atoms with Crippen LogP contribution in [0.4, 0.5) is 24.5 Å². The Morgan fingerprint density at radius 3 is 2.44 bits per heavy atom. The molecule has 4 rings (SSSR count). The number of alkyl halides is 3. The lowest BCUT2D eigenvalue weighted by atomic mass is 10.2. The topological polar surface area (TPSA) is 88.4 Å². The highest BCUT2D eigenvalue weighted by Crippen LogP contribution is 2.30. The highest BCUT2D eigenvalue weighted by atomic mass is 32.2. The summed E-state index contributed by atoms with van der Waals surface area (Å²) in [6.07, 6.45) is -2.86. The number of rotatable bonds is 6. The van der Waals surface area contributed by atoms with Crippen LogP contribution in [-0.2, 0) is 11.0 Å². The van der Waals surface area contributed by atoms with Gasteiger partial charge in [0.05, 0.1) is 16.9 Å². The third-order valence-corrected chi connectivity index (χ3v) is 5.68. The predicted octanol–water partition coefficient (Wildman–Crippen LogP) is 5.04. The molecule has 0 saturated heterocycles. The number of nitrogens with one attached hydrogen (secondary N) is 2. The summed E-state index contributed by atoms with van der Waals surface area (Å²) >= 11 is 1.08. The number of fused-ring (bicyclic) bond motifs is 1. The number of benzene rings is 2. The van der Waals surface area contributed by atoms with Crippen molar-refractivity contribution in [3.8, 4) is 0 Å². The van der Waals surface area contributed by atoms with Crippen LogP contribution >= 0.6 is 11.8 Å². The molecule has 34 heavy (non-hydrogen) atoms. The van der Waals surface area contributed by atoms with Crippen LogP contribution in [0.25, 0.3) is 5.65 Å².